The van der Waals surface area contributed by atoms with Crippen molar-refractivity contribution in [2.75, 3.05) is 55.6 Å². The van der Waals surface area contributed by atoms with Crippen molar-refractivity contribution >= 4 is 29.1 Å². The second kappa shape index (κ2) is 15.8. The number of nitrogens with one attached hydrogen (secondary N) is 1. The first-order chi connectivity index (χ1) is 26.3. The van der Waals surface area contributed by atoms with Gasteiger partial charge in [-0.3, -0.25) is 24.6 Å². The second-order valence-corrected chi connectivity index (χ2v) is 16.6. The smallest absolute Gasteiger partial charge is 0.255 e. The molecule has 0 bridgehead atoms. The van der Waals surface area contributed by atoms with Gasteiger partial charge in [-0.05, 0) is 121 Å². The van der Waals surface area contributed by atoms with Crippen molar-refractivity contribution in [1.29, 1.82) is 0 Å². The van der Waals surface area contributed by atoms with Crippen LogP contribution in [0.25, 0.3) is 0 Å². The van der Waals surface area contributed by atoms with E-state index in [0.29, 0.717) is 42.0 Å². The first-order valence-electron chi connectivity index (χ1n) is 20.7. The maximum absolute atomic E-state index is 13.2. The number of anilines is 2. The van der Waals surface area contributed by atoms with E-state index >= 15 is 0 Å². The van der Waals surface area contributed by atoms with Crippen LogP contribution >= 0.6 is 0 Å². The number of aryl methyl sites for hydroxylation is 1. The normalized spacial score (nSPS) is 23.9. The van der Waals surface area contributed by atoms with E-state index in [4.69, 9.17) is 0 Å². The Balaban J connectivity index is 0.830. The van der Waals surface area contributed by atoms with Crippen LogP contribution in [0.2, 0.25) is 0 Å². The Morgan fingerprint density at radius 1 is 0.759 bits per heavy atom. The molecular formula is C45H57N5O4. The molecule has 286 valence electrons. The van der Waals surface area contributed by atoms with Crippen molar-refractivity contribution < 1.29 is 19.5 Å². The van der Waals surface area contributed by atoms with Crippen molar-refractivity contribution in [3.8, 4) is 5.75 Å². The quantitative estimate of drug-likeness (QED) is 0.224. The van der Waals surface area contributed by atoms with Crippen molar-refractivity contribution in [1.82, 2.24) is 15.1 Å². The van der Waals surface area contributed by atoms with E-state index < -0.39 is 6.04 Å². The van der Waals surface area contributed by atoms with E-state index in [1.807, 2.05) is 18.2 Å². The topological polar surface area (TPSA) is 96.4 Å². The first-order valence-corrected chi connectivity index (χ1v) is 20.7. The van der Waals surface area contributed by atoms with Gasteiger partial charge in [0.25, 0.3) is 5.91 Å². The van der Waals surface area contributed by atoms with Crippen molar-refractivity contribution in [2.45, 2.75) is 90.1 Å². The molecule has 5 aliphatic rings. The van der Waals surface area contributed by atoms with Crippen LogP contribution in [0.5, 0.6) is 5.75 Å². The van der Waals surface area contributed by atoms with E-state index in [2.05, 4.69) is 76.3 Å². The number of hydrogen-bond donors (Lipinski definition) is 2. The van der Waals surface area contributed by atoms with Crippen LogP contribution in [-0.4, -0.2) is 84.5 Å². The fourth-order valence-corrected chi connectivity index (χ4v) is 10.2. The molecule has 54 heavy (non-hydrogen) atoms. The highest BCUT2D eigenvalue weighted by Crippen LogP contribution is 2.45. The number of phenols is 1. The number of piperidine rings is 2. The summed E-state index contributed by atoms with van der Waals surface area (Å²) in [6.07, 6.45) is 9.06. The zero-order valence-corrected chi connectivity index (χ0v) is 32.1. The maximum atomic E-state index is 13.2. The molecule has 9 nitrogen and oxygen atoms in total. The van der Waals surface area contributed by atoms with Gasteiger partial charge in [0.15, 0.2) is 0 Å². The molecule has 3 saturated heterocycles. The standard InChI is InChI=1S/C45H57N5O4/c1-3-30(4-2)25-34-6-5-33-27-38(51)12-14-39(33)43(34)32-7-9-36(10-8-32)48-19-17-31(18-20-48)28-47-21-23-49(24-22-47)37-11-13-40-35(26-37)29-50(45(40)54)41-15-16-42(52)46-44(41)53/h7-14,26-27,30-31,34,41,43,51H,3-6,15-25,28-29H2,1-2H3,(H,46,52,53)/t34-,41-,43+/m1/s1. The number of phenolic OH excluding ortho intramolecular Hbond substituents is 1. The number of nitrogens with zero attached hydrogens (tertiary/aromatic N) is 4. The van der Waals surface area contributed by atoms with Crippen LogP contribution in [0.4, 0.5) is 11.4 Å². The van der Waals surface area contributed by atoms with Crippen LogP contribution in [0.15, 0.2) is 60.7 Å². The molecule has 3 amide bonds. The Kier molecular flexibility index (Phi) is 10.7. The number of aromatic hydroxyl groups is 1. The summed E-state index contributed by atoms with van der Waals surface area (Å²) in [4.78, 5) is 46.5. The number of fused-ring (bicyclic) bond motifs is 2. The van der Waals surface area contributed by atoms with Crippen molar-refractivity contribution in [3.63, 3.8) is 0 Å². The largest absolute Gasteiger partial charge is 0.508 e. The summed E-state index contributed by atoms with van der Waals surface area (Å²) in [5, 5.41) is 12.6. The number of rotatable bonds is 10. The van der Waals surface area contributed by atoms with Crippen LogP contribution in [0.1, 0.15) is 104 Å². The van der Waals surface area contributed by atoms with Crippen LogP contribution in [0.3, 0.4) is 0 Å². The number of piperazine rings is 1. The summed E-state index contributed by atoms with van der Waals surface area (Å²) in [7, 11) is 0. The molecule has 3 aromatic carbocycles. The minimum atomic E-state index is -0.582. The zero-order valence-electron chi connectivity index (χ0n) is 32.1. The summed E-state index contributed by atoms with van der Waals surface area (Å²) in [6.45, 7) is 12.4. The summed E-state index contributed by atoms with van der Waals surface area (Å²) in [5.41, 5.74) is 8.24. The summed E-state index contributed by atoms with van der Waals surface area (Å²) >= 11 is 0. The minimum absolute atomic E-state index is 0.117. The van der Waals surface area contributed by atoms with Crippen LogP contribution in [0, 0.1) is 17.8 Å². The van der Waals surface area contributed by atoms with Gasteiger partial charge in [0.05, 0.1) is 0 Å². The molecule has 0 spiro atoms. The number of benzene rings is 3. The Labute approximate surface area is 320 Å². The Morgan fingerprint density at radius 2 is 1.48 bits per heavy atom. The lowest BCUT2D eigenvalue weighted by Crippen LogP contribution is -2.52. The highest BCUT2D eigenvalue weighted by Gasteiger charge is 2.39. The third-order valence-electron chi connectivity index (χ3n) is 13.5. The minimum Gasteiger partial charge on any atom is -0.508 e. The third kappa shape index (κ3) is 7.48. The molecule has 1 aliphatic carbocycles. The van der Waals surface area contributed by atoms with E-state index in [1.165, 1.54) is 60.9 Å². The number of hydrogen-bond acceptors (Lipinski definition) is 7. The lowest BCUT2D eigenvalue weighted by Gasteiger charge is -2.40. The molecule has 0 radical (unpaired) electrons. The Hall–Kier alpha value is -4.37. The van der Waals surface area contributed by atoms with Crippen LogP contribution in [-0.2, 0) is 22.6 Å². The average molecular weight is 732 g/mol. The summed E-state index contributed by atoms with van der Waals surface area (Å²) in [5.74, 6) is 2.12. The van der Waals surface area contributed by atoms with Gasteiger partial charge >= 0.3 is 0 Å². The van der Waals surface area contributed by atoms with Gasteiger partial charge in [-0.1, -0.05) is 44.9 Å². The van der Waals surface area contributed by atoms with Gasteiger partial charge < -0.3 is 19.8 Å². The van der Waals surface area contributed by atoms with E-state index in [9.17, 15) is 19.5 Å². The first kappa shape index (κ1) is 36.6. The average Bonchev–Trinajstić information content (AvgIpc) is 3.52. The highest BCUT2D eigenvalue weighted by atomic mass is 16.3. The van der Waals surface area contributed by atoms with Crippen molar-refractivity contribution in [3.05, 3.63) is 88.5 Å². The SMILES string of the molecule is CCC(CC)C[C@H]1CCc2cc(O)ccc2[C@H]1c1ccc(N2CCC(CN3CCN(c4ccc5c(c4)CN([C@@H]4CCC(=O)NC4=O)C5=O)CC3)CC2)cc1. The number of carbonyl (C=O) groups excluding carboxylic acids is 3. The van der Waals surface area contributed by atoms with E-state index in [1.54, 1.807) is 4.90 Å². The van der Waals surface area contributed by atoms with Crippen LogP contribution < -0.4 is 15.1 Å². The maximum Gasteiger partial charge on any atom is 0.255 e. The number of amides is 3. The molecule has 0 saturated carbocycles. The Bertz CT molecular complexity index is 1840. The van der Waals surface area contributed by atoms with Gasteiger partial charge in [0, 0.05) is 81.6 Å². The fourth-order valence-electron chi connectivity index (χ4n) is 10.2. The van der Waals surface area contributed by atoms with Gasteiger partial charge in [0.1, 0.15) is 11.8 Å². The van der Waals surface area contributed by atoms with Gasteiger partial charge in [-0.2, -0.15) is 0 Å². The molecule has 3 fully saturated rings. The molecule has 0 aromatic heterocycles. The lowest BCUT2D eigenvalue weighted by molar-refractivity contribution is -0.136. The fraction of sp³-hybridized carbons (Fsp3) is 0.533. The number of imide groups is 1. The molecule has 4 heterocycles. The van der Waals surface area contributed by atoms with Gasteiger partial charge in [-0.25, -0.2) is 0 Å². The third-order valence-corrected chi connectivity index (χ3v) is 13.5. The Morgan fingerprint density at radius 3 is 2.20 bits per heavy atom. The predicted molar refractivity (Wildman–Crippen MR) is 213 cm³/mol. The predicted octanol–water partition coefficient (Wildman–Crippen LogP) is 6.71. The zero-order chi connectivity index (χ0) is 37.3. The molecule has 3 atom stereocenters. The molecule has 0 unspecified atom stereocenters. The number of carbonyl (C=O) groups is 3. The molecule has 9 heteroatoms. The summed E-state index contributed by atoms with van der Waals surface area (Å²) < 4.78 is 0. The molecule has 8 rings (SSSR count). The van der Waals surface area contributed by atoms with Gasteiger partial charge in [0.2, 0.25) is 11.8 Å². The summed E-state index contributed by atoms with van der Waals surface area (Å²) in [6, 6.07) is 21.1. The molecule has 4 aliphatic heterocycles. The molecule has 2 N–H and O–H groups in total. The lowest BCUT2D eigenvalue weighted by atomic mass is 9.68. The second-order valence-electron chi connectivity index (χ2n) is 16.6. The molecular weight excluding hydrogens is 675 g/mol. The monoisotopic (exact) mass is 731 g/mol. The van der Waals surface area contributed by atoms with Gasteiger partial charge in [-0.15, -0.1) is 0 Å². The highest BCUT2D eigenvalue weighted by molar-refractivity contribution is 6.05. The molecule has 3 aromatic rings. The van der Waals surface area contributed by atoms with E-state index in [-0.39, 0.29) is 24.1 Å². The van der Waals surface area contributed by atoms with Crippen molar-refractivity contribution in [2.24, 2.45) is 17.8 Å². The van der Waals surface area contributed by atoms with E-state index in [0.717, 1.165) is 69.4 Å².